The van der Waals surface area contributed by atoms with Gasteiger partial charge in [-0.3, -0.25) is 14.5 Å². The van der Waals surface area contributed by atoms with E-state index in [9.17, 15) is 9.59 Å². The molecule has 0 radical (unpaired) electrons. The Balaban J connectivity index is 1.66. The molecule has 0 saturated carbocycles. The van der Waals surface area contributed by atoms with E-state index < -0.39 is 0 Å². The number of amides is 2. The lowest BCUT2D eigenvalue weighted by atomic mass is 10.5. The van der Waals surface area contributed by atoms with Crippen LogP contribution in [0.1, 0.15) is 0 Å². The Hall–Kier alpha value is -0.960. The van der Waals surface area contributed by atoms with Crippen molar-refractivity contribution < 1.29 is 47.5 Å². The van der Waals surface area contributed by atoms with E-state index in [1.807, 2.05) is 0 Å². The summed E-state index contributed by atoms with van der Waals surface area (Å²) in [5, 5.41) is 0.833. The highest BCUT2D eigenvalue weighted by atomic mass is 79.9. The molecule has 0 aliphatic carbocycles. The summed E-state index contributed by atoms with van der Waals surface area (Å²) < 4.78 is 43.0. The van der Waals surface area contributed by atoms with Crippen molar-refractivity contribution in [2.24, 2.45) is 0 Å². The van der Waals surface area contributed by atoms with Crippen molar-refractivity contribution in [2.75, 3.05) is 118 Å². The van der Waals surface area contributed by atoms with Gasteiger partial charge in [0.2, 0.25) is 0 Å². The Morgan fingerprint density at radius 3 is 1.03 bits per heavy atom. The molecule has 1 heterocycles. The van der Waals surface area contributed by atoms with E-state index in [0.29, 0.717) is 99.1 Å². The second-order valence-corrected chi connectivity index (χ2v) is 7.54. The molecule has 0 aromatic heterocycles. The van der Waals surface area contributed by atoms with Gasteiger partial charge in [-0.2, -0.15) is 0 Å². The predicted octanol–water partition coefficient (Wildman–Crippen LogP) is 0.439. The minimum Gasteiger partial charge on any atom is -0.378 e. The Labute approximate surface area is 210 Å². The fourth-order valence-electron chi connectivity index (χ4n) is 2.50. The van der Waals surface area contributed by atoms with Gasteiger partial charge in [0.1, 0.15) is 0 Å². The number of hydrogen-bond donors (Lipinski definition) is 0. The summed E-state index contributed by atoms with van der Waals surface area (Å²) in [5.41, 5.74) is 0. The lowest BCUT2D eigenvalue weighted by Gasteiger charge is -2.13. The molecule has 0 saturated heterocycles. The third-order valence-corrected chi connectivity index (χ3v) is 4.51. The quantitative estimate of drug-likeness (QED) is 0.0846. The first kappa shape index (κ1) is 31.1. The minimum absolute atomic E-state index is 0.247. The van der Waals surface area contributed by atoms with Gasteiger partial charge in [0.15, 0.2) is 0 Å². The number of nitrogens with zero attached hydrogens (tertiary/aromatic N) is 1. The van der Waals surface area contributed by atoms with Crippen LogP contribution in [0.5, 0.6) is 0 Å². The molecule has 0 aromatic rings. The molecule has 11 nitrogen and oxygen atoms in total. The summed E-state index contributed by atoms with van der Waals surface area (Å²) in [4.78, 5) is 23.8. The number of hydrogen-bond acceptors (Lipinski definition) is 10. The average molecular weight is 556 g/mol. The molecule has 0 spiro atoms. The van der Waals surface area contributed by atoms with Gasteiger partial charge in [0.25, 0.3) is 11.8 Å². The van der Waals surface area contributed by atoms with Gasteiger partial charge in [-0.25, -0.2) is 0 Å². The Morgan fingerprint density at radius 1 is 0.471 bits per heavy atom. The summed E-state index contributed by atoms with van der Waals surface area (Å²) in [7, 11) is 0. The number of alkyl halides is 1. The number of imide groups is 1. The van der Waals surface area contributed by atoms with Gasteiger partial charge in [-0.15, -0.1) is 0 Å². The summed E-state index contributed by atoms with van der Waals surface area (Å²) in [6.07, 6.45) is 2.51. The van der Waals surface area contributed by atoms with Crippen molar-refractivity contribution in [2.45, 2.75) is 0 Å². The fraction of sp³-hybridized carbons (Fsp3) is 0.818. The molecule has 1 rings (SSSR count). The van der Waals surface area contributed by atoms with E-state index in [0.717, 1.165) is 10.2 Å². The molecule has 0 unspecified atom stereocenters. The predicted molar refractivity (Wildman–Crippen MR) is 126 cm³/mol. The van der Waals surface area contributed by atoms with Crippen LogP contribution >= 0.6 is 15.9 Å². The van der Waals surface area contributed by atoms with Gasteiger partial charge in [-0.05, 0) is 0 Å². The van der Waals surface area contributed by atoms with E-state index in [1.165, 1.54) is 12.2 Å². The van der Waals surface area contributed by atoms with E-state index in [2.05, 4.69) is 15.9 Å². The molecule has 0 atom stereocenters. The van der Waals surface area contributed by atoms with Crippen LogP contribution in [0.25, 0.3) is 0 Å². The molecule has 34 heavy (non-hydrogen) atoms. The molecular formula is C22H38BrNO10. The molecule has 1 aliphatic rings. The Bertz CT molecular complexity index is 520. The van der Waals surface area contributed by atoms with E-state index in [-0.39, 0.29) is 25.0 Å². The fourth-order valence-corrected chi connectivity index (χ4v) is 2.73. The summed E-state index contributed by atoms with van der Waals surface area (Å²) in [6.45, 7) is 8.21. The van der Waals surface area contributed by atoms with E-state index in [1.54, 1.807) is 0 Å². The third-order valence-electron chi connectivity index (χ3n) is 4.19. The highest BCUT2D eigenvalue weighted by Crippen LogP contribution is 2.02. The van der Waals surface area contributed by atoms with Gasteiger partial charge >= 0.3 is 0 Å². The highest BCUT2D eigenvalue weighted by molar-refractivity contribution is 9.09. The molecule has 2 amide bonds. The van der Waals surface area contributed by atoms with Gasteiger partial charge in [-0.1, -0.05) is 15.9 Å². The lowest BCUT2D eigenvalue weighted by molar-refractivity contribution is -0.137. The van der Waals surface area contributed by atoms with Crippen LogP contribution in [0.15, 0.2) is 12.2 Å². The Kier molecular flexibility index (Phi) is 21.7. The van der Waals surface area contributed by atoms with E-state index >= 15 is 0 Å². The molecule has 0 aromatic carbocycles. The maximum absolute atomic E-state index is 11.3. The monoisotopic (exact) mass is 555 g/mol. The summed E-state index contributed by atoms with van der Waals surface area (Å²) in [5.74, 6) is -0.603. The van der Waals surface area contributed by atoms with Crippen LogP contribution in [0.3, 0.4) is 0 Å². The van der Waals surface area contributed by atoms with Crippen LogP contribution in [0.4, 0.5) is 0 Å². The molecule has 0 N–H and O–H groups in total. The zero-order valence-corrected chi connectivity index (χ0v) is 21.4. The maximum atomic E-state index is 11.3. The van der Waals surface area contributed by atoms with Crippen molar-refractivity contribution in [3.8, 4) is 0 Å². The zero-order valence-electron chi connectivity index (χ0n) is 19.8. The third kappa shape index (κ3) is 18.4. The standard InChI is InChI=1S/C22H38BrNO10/c23-3-5-27-7-9-29-11-13-31-15-17-33-19-20-34-18-16-32-14-12-30-10-8-28-6-4-24-21(25)1-2-22(24)26/h1-2H,3-20H2. The molecule has 1 aliphatic heterocycles. The topological polar surface area (TPSA) is 111 Å². The normalized spacial score (nSPS) is 13.5. The zero-order chi connectivity index (χ0) is 24.5. The van der Waals surface area contributed by atoms with Crippen LogP contribution in [-0.2, 0) is 47.5 Å². The molecule has 198 valence electrons. The van der Waals surface area contributed by atoms with Gasteiger partial charge in [0, 0.05) is 17.5 Å². The van der Waals surface area contributed by atoms with Gasteiger partial charge < -0.3 is 37.9 Å². The van der Waals surface area contributed by atoms with Crippen molar-refractivity contribution in [1.82, 2.24) is 4.90 Å². The maximum Gasteiger partial charge on any atom is 0.253 e. The van der Waals surface area contributed by atoms with Gasteiger partial charge in [0.05, 0.1) is 112 Å². The number of ether oxygens (including phenoxy) is 8. The first-order valence-corrected chi connectivity index (χ1v) is 12.6. The second kappa shape index (κ2) is 23.8. The molecule has 0 fully saturated rings. The van der Waals surface area contributed by atoms with Crippen LogP contribution < -0.4 is 0 Å². The van der Waals surface area contributed by atoms with Crippen molar-refractivity contribution in [1.29, 1.82) is 0 Å². The van der Waals surface area contributed by atoms with Crippen LogP contribution in [-0.4, -0.2) is 134 Å². The average Bonchev–Trinajstić information content (AvgIpc) is 3.16. The molecule has 0 bridgehead atoms. The highest BCUT2D eigenvalue weighted by Gasteiger charge is 2.22. The summed E-state index contributed by atoms with van der Waals surface area (Å²) in [6, 6.07) is 0. The van der Waals surface area contributed by atoms with Crippen LogP contribution in [0.2, 0.25) is 0 Å². The van der Waals surface area contributed by atoms with Crippen molar-refractivity contribution in [3.63, 3.8) is 0 Å². The number of carbonyl (C=O) groups is 2. The lowest BCUT2D eigenvalue weighted by Crippen LogP contribution is -2.33. The SMILES string of the molecule is O=C1C=CC(=O)N1CCOCCOCCOCCOCCOCCOCCOCCOCCBr. The molecular weight excluding hydrogens is 518 g/mol. The first-order chi connectivity index (χ1) is 16.8. The summed E-state index contributed by atoms with van der Waals surface area (Å²) >= 11 is 3.29. The smallest absolute Gasteiger partial charge is 0.253 e. The first-order valence-electron chi connectivity index (χ1n) is 11.5. The number of rotatable bonds is 26. The largest absolute Gasteiger partial charge is 0.378 e. The Morgan fingerprint density at radius 2 is 0.735 bits per heavy atom. The number of halogens is 1. The number of carbonyl (C=O) groups excluding carboxylic acids is 2. The molecule has 12 heteroatoms. The second-order valence-electron chi connectivity index (χ2n) is 6.75. The van der Waals surface area contributed by atoms with Crippen LogP contribution in [0, 0.1) is 0 Å². The minimum atomic E-state index is -0.302. The van der Waals surface area contributed by atoms with Crippen molar-refractivity contribution in [3.05, 3.63) is 12.2 Å². The van der Waals surface area contributed by atoms with Crippen molar-refractivity contribution >= 4 is 27.7 Å². The van der Waals surface area contributed by atoms with E-state index in [4.69, 9.17) is 37.9 Å².